The molecule has 3 heterocycles. The lowest BCUT2D eigenvalue weighted by Gasteiger charge is -2.30. The van der Waals surface area contributed by atoms with E-state index in [2.05, 4.69) is 34.4 Å². The summed E-state index contributed by atoms with van der Waals surface area (Å²) in [4.78, 5) is 98.0. The lowest BCUT2D eigenvalue weighted by atomic mass is 9.87. The van der Waals surface area contributed by atoms with Crippen LogP contribution in [-0.4, -0.2) is 145 Å². The summed E-state index contributed by atoms with van der Waals surface area (Å²) in [6, 6.07) is 0. The standard InChI is InChI=1S/C29H46N7O20P3S/c1-29(2,24(43)27(44)32-8-7-18(38)31-9-10-60-20(41)6-4-3-5-16(37)11-19(39)40)13-53-59(50,51)56-58(48,49)52-12-17-23(55-57(45,46)47)22(42)28(54-17)36-15-35-21-25(30)33-14-34-26(21)36/h4,6,14-17,22-24,28,37,42-43H,3,5,7-13H2,1-2H3,(H,31,38)(H,32,44)(H,39,40)(H,48,49)(H,50,51)(H2,30,33,34)(H2,45,46,47)/b6-4+. The van der Waals surface area contributed by atoms with E-state index in [0.29, 0.717) is 6.42 Å². The van der Waals surface area contributed by atoms with Crippen LogP contribution in [0, 0.1) is 5.41 Å². The van der Waals surface area contributed by atoms with Crippen LogP contribution in [0.5, 0.6) is 0 Å². The Balaban J connectivity index is 1.43. The predicted molar refractivity (Wildman–Crippen MR) is 204 cm³/mol. The van der Waals surface area contributed by atoms with Gasteiger partial charge in [-0.05, 0) is 18.9 Å². The van der Waals surface area contributed by atoms with Gasteiger partial charge in [-0.25, -0.2) is 28.6 Å². The van der Waals surface area contributed by atoms with Crippen molar-refractivity contribution in [2.75, 3.05) is 37.8 Å². The van der Waals surface area contributed by atoms with E-state index in [0.717, 1.165) is 29.0 Å². The third kappa shape index (κ3) is 16.5. The number of nitrogens with two attached hydrogens (primary N) is 1. The Labute approximate surface area is 344 Å². The minimum atomic E-state index is -5.60. The number of ether oxygens (including phenoxy) is 1. The summed E-state index contributed by atoms with van der Waals surface area (Å²) < 4.78 is 62.1. The molecule has 8 atom stereocenters. The molecular formula is C29H46N7O20P3S. The monoisotopic (exact) mass is 937 g/mol. The molecule has 8 unspecified atom stereocenters. The van der Waals surface area contributed by atoms with E-state index >= 15 is 0 Å². The molecule has 60 heavy (non-hydrogen) atoms. The van der Waals surface area contributed by atoms with Gasteiger partial charge in [0.25, 0.3) is 0 Å². The molecule has 12 N–H and O–H groups in total. The van der Waals surface area contributed by atoms with Gasteiger partial charge in [-0.15, -0.1) is 0 Å². The van der Waals surface area contributed by atoms with E-state index in [1.807, 2.05) is 0 Å². The predicted octanol–water partition coefficient (Wildman–Crippen LogP) is -1.16. The number of rotatable bonds is 25. The number of aliphatic hydroxyl groups excluding tert-OH is 3. The molecule has 0 bridgehead atoms. The molecule has 2 amide bonds. The number of phosphoric acid groups is 3. The van der Waals surface area contributed by atoms with E-state index in [4.69, 9.17) is 24.6 Å². The molecule has 0 saturated carbocycles. The minimum Gasteiger partial charge on any atom is -0.481 e. The number of anilines is 1. The van der Waals surface area contributed by atoms with Crippen molar-refractivity contribution in [1.29, 1.82) is 0 Å². The molecular weight excluding hydrogens is 891 g/mol. The number of allylic oxidation sites excluding steroid dienone is 1. The molecule has 3 rings (SSSR count). The van der Waals surface area contributed by atoms with Crippen LogP contribution < -0.4 is 16.4 Å². The quantitative estimate of drug-likeness (QED) is 0.0318. The molecule has 0 spiro atoms. The molecule has 1 aliphatic heterocycles. The second-order valence-electron chi connectivity index (χ2n) is 13.5. The first-order valence-corrected chi connectivity index (χ1v) is 22.9. The van der Waals surface area contributed by atoms with Gasteiger partial charge in [0.1, 0.15) is 36.3 Å². The zero-order valence-electron chi connectivity index (χ0n) is 31.7. The maximum atomic E-state index is 12.7. The summed E-state index contributed by atoms with van der Waals surface area (Å²) in [7, 11) is -16.5. The van der Waals surface area contributed by atoms with Gasteiger partial charge in [-0.1, -0.05) is 31.7 Å². The molecule has 2 aromatic heterocycles. The Hall–Kier alpha value is -3.27. The largest absolute Gasteiger partial charge is 0.481 e. The van der Waals surface area contributed by atoms with Crippen molar-refractivity contribution < 1.29 is 95.5 Å². The fraction of sp³-hybridized carbons (Fsp3) is 0.621. The minimum absolute atomic E-state index is 0.0173. The number of carboxylic acids is 1. The summed E-state index contributed by atoms with van der Waals surface area (Å²) >= 11 is 0.896. The maximum Gasteiger partial charge on any atom is 0.481 e. The van der Waals surface area contributed by atoms with Crippen LogP contribution in [0.15, 0.2) is 24.8 Å². The smallest absolute Gasteiger partial charge is 0.481 e. The summed E-state index contributed by atoms with van der Waals surface area (Å²) in [6.45, 7) is 0.217. The van der Waals surface area contributed by atoms with Crippen molar-refractivity contribution in [3.63, 3.8) is 0 Å². The number of carbonyl (C=O) groups is 4. The van der Waals surface area contributed by atoms with Gasteiger partial charge in [-0.3, -0.25) is 37.3 Å². The number of carbonyl (C=O) groups excluding carboxylic acids is 3. The fourth-order valence-corrected chi connectivity index (χ4v) is 8.53. The second-order valence-corrected chi connectivity index (χ2v) is 18.8. The molecule has 0 aromatic carbocycles. The van der Waals surface area contributed by atoms with Crippen molar-refractivity contribution in [1.82, 2.24) is 30.2 Å². The zero-order chi connectivity index (χ0) is 45.1. The Kier molecular flexibility index (Phi) is 18.9. The van der Waals surface area contributed by atoms with Gasteiger partial charge in [0.2, 0.25) is 16.9 Å². The van der Waals surface area contributed by atoms with Crippen LogP contribution in [0.25, 0.3) is 11.2 Å². The van der Waals surface area contributed by atoms with Crippen molar-refractivity contribution >= 4 is 75.1 Å². The van der Waals surface area contributed by atoms with Crippen LogP contribution in [0.3, 0.4) is 0 Å². The van der Waals surface area contributed by atoms with E-state index in [-0.39, 0.29) is 53.8 Å². The molecule has 1 fully saturated rings. The average molecular weight is 938 g/mol. The van der Waals surface area contributed by atoms with Crippen molar-refractivity contribution in [3.05, 3.63) is 24.8 Å². The van der Waals surface area contributed by atoms with E-state index in [1.54, 1.807) is 0 Å². The lowest BCUT2D eigenvalue weighted by Crippen LogP contribution is -2.46. The van der Waals surface area contributed by atoms with Gasteiger partial charge < -0.3 is 61.1 Å². The van der Waals surface area contributed by atoms with Crippen LogP contribution in [0.1, 0.15) is 45.8 Å². The van der Waals surface area contributed by atoms with Crippen molar-refractivity contribution in [2.45, 2.75) is 76.3 Å². The van der Waals surface area contributed by atoms with Gasteiger partial charge in [0.05, 0.1) is 32.1 Å². The Morgan fingerprint density at radius 2 is 1.73 bits per heavy atom. The number of hydrogen-bond donors (Lipinski definition) is 11. The maximum absolute atomic E-state index is 12.7. The van der Waals surface area contributed by atoms with Crippen LogP contribution in [0.4, 0.5) is 5.82 Å². The molecule has 338 valence electrons. The van der Waals surface area contributed by atoms with Crippen molar-refractivity contribution in [3.8, 4) is 0 Å². The summed E-state index contributed by atoms with van der Waals surface area (Å²) in [5, 5.41) is 44.1. The van der Waals surface area contributed by atoms with Crippen molar-refractivity contribution in [2.24, 2.45) is 5.41 Å². The summed E-state index contributed by atoms with van der Waals surface area (Å²) in [6.07, 6.45) is -5.32. The van der Waals surface area contributed by atoms with Gasteiger partial charge in [0, 0.05) is 30.7 Å². The number of carboxylic acid groups (broad SMARTS) is 1. The highest BCUT2D eigenvalue weighted by Gasteiger charge is 2.50. The number of aliphatic hydroxyl groups is 3. The first-order valence-electron chi connectivity index (χ1n) is 17.4. The highest BCUT2D eigenvalue weighted by molar-refractivity contribution is 8.14. The number of hydrogen-bond acceptors (Lipinski definition) is 20. The molecule has 1 saturated heterocycles. The number of aliphatic carboxylic acids is 1. The topological polar surface area (TPSA) is 421 Å². The van der Waals surface area contributed by atoms with Gasteiger partial charge in [-0.2, -0.15) is 4.31 Å². The van der Waals surface area contributed by atoms with E-state index in [9.17, 15) is 67.8 Å². The summed E-state index contributed by atoms with van der Waals surface area (Å²) in [5.41, 5.74) is 4.19. The number of aromatic nitrogens is 4. The number of nitrogens with one attached hydrogen (secondary N) is 2. The number of phosphoric ester groups is 3. The number of imidazole rings is 1. The second kappa shape index (κ2) is 22.2. The third-order valence-corrected chi connectivity index (χ3v) is 12.0. The molecule has 0 radical (unpaired) electrons. The molecule has 0 aliphatic carbocycles. The molecule has 27 nitrogen and oxygen atoms in total. The zero-order valence-corrected chi connectivity index (χ0v) is 35.2. The first-order chi connectivity index (χ1) is 27.8. The first kappa shape index (κ1) is 51.1. The SMILES string of the molecule is CC(C)(COP(=O)(O)OP(=O)(O)OCC1OC(n2cnc3c(N)ncnc32)C(O)C1OP(=O)(O)O)C(O)C(=O)NCCC(=O)NCCSC(=O)/C=C/CCC(O)CC(=O)O. The lowest BCUT2D eigenvalue weighted by molar-refractivity contribution is -0.139. The third-order valence-electron chi connectivity index (χ3n) is 8.08. The molecule has 31 heteroatoms. The number of fused-ring (bicyclic) bond motifs is 1. The Bertz CT molecular complexity index is 2000. The number of nitrogens with zero attached hydrogens (tertiary/aromatic N) is 4. The Morgan fingerprint density at radius 1 is 1.05 bits per heavy atom. The van der Waals surface area contributed by atoms with Crippen LogP contribution >= 0.6 is 35.2 Å². The van der Waals surface area contributed by atoms with E-state index in [1.165, 1.54) is 26.0 Å². The van der Waals surface area contributed by atoms with Crippen LogP contribution in [-0.2, 0) is 55.5 Å². The molecule has 1 aliphatic rings. The fourth-order valence-electron chi connectivity index (χ4n) is 5.10. The highest BCUT2D eigenvalue weighted by atomic mass is 32.2. The average Bonchev–Trinajstić information content (AvgIpc) is 3.69. The van der Waals surface area contributed by atoms with Crippen LogP contribution in [0.2, 0.25) is 0 Å². The summed E-state index contributed by atoms with van der Waals surface area (Å²) in [5.74, 6) is -2.51. The number of nitrogen functional groups attached to an aromatic ring is 1. The van der Waals surface area contributed by atoms with Gasteiger partial charge in [0.15, 0.2) is 17.7 Å². The number of amides is 2. The van der Waals surface area contributed by atoms with E-state index < -0.39 is 103 Å². The highest BCUT2D eigenvalue weighted by Crippen LogP contribution is 2.61. The van der Waals surface area contributed by atoms with Gasteiger partial charge >= 0.3 is 29.4 Å². The normalized spacial score (nSPS) is 21.6. The number of thioether (sulfide) groups is 1. The molecule has 2 aromatic rings. The Morgan fingerprint density at radius 3 is 2.40 bits per heavy atom.